The molecule has 12 heavy (non-hydrogen) atoms. The number of nitrogens with zero attached hydrogens (tertiary/aromatic N) is 1. The van der Waals surface area contributed by atoms with Gasteiger partial charge in [-0.3, -0.25) is 9.59 Å². The van der Waals surface area contributed by atoms with E-state index in [-0.39, 0.29) is 12.5 Å². The molecule has 1 heterocycles. The molecule has 1 saturated heterocycles. The van der Waals surface area contributed by atoms with Crippen molar-refractivity contribution in [3.8, 4) is 0 Å². The van der Waals surface area contributed by atoms with Crippen LogP contribution in [-0.4, -0.2) is 36.9 Å². The minimum absolute atomic E-state index is 0.0294. The molecule has 0 bridgehead atoms. The molecule has 0 saturated carbocycles. The highest BCUT2D eigenvalue weighted by atomic mass is 16.2. The normalized spacial score (nSPS) is 17.2. The quantitative estimate of drug-likeness (QED) is 0.593. The van der Waals surface area contributed by atoms with Crippen LogP contribution >= 0.6 is 0 Å². The number of amides is 2. The lowest BCUT2D eigenvalue weighted by Gasteiger charge is -2.26. The van der Waals surface area contributed by atoms with Crippen LogP contribution in [0.15, 0.2) is 0 Å². The summed E-state index contributed by atoms with van der Waals surface area (Å²) in [5.74, 6) is 0.0294. The van der Waals surface area contributed by atoms with Gasteiger partial charge in [-0.25, -0.2) is 0 Å². The number of rotatable bonds is 3. The predicted molar refractivity (Wildman–Crippen MR) is 44.5 cm³/mol. The van der Waals surface area contributed by atoms with Crippen molar-refractivity contribution in [2.75, 3.05) is 19.6 Å². The number of likely N-dealkylation sites (tertiary alicyclic amines) is 1. The Balaban J connectivity index is 2.24. The number of carbonyl (C=O) groups is 2. The number of hydrogen-bond acceptors (Lipinski definition) is 2. The van der Waals surface area contributed by atoms with Crippen LogP contribution in [0.25, 0.3) is 0 Å². The van der Waals surface area contributed by atoms with Gasteiger partial charge in [0.25, 0.3) is 0 Å². The standard InChI is InChI=1S/C8H14N2O2/c11-7-9-6-8(12)10-4-2-1-3-5-10/h7H,1-6H2,(H,9,11). The van der Waals surface area contributed by atoms with Crippen molar-refractivity contribution in [1.29, 1.82) is 0 Å². The maximum Gasteiger partial charge on any atom is 0.241 e. The van der Waals surface area contributed by atoms with Crippen molar-refractivity contribution in [3.05, 3.63) is 0 Å². The van der Waals surface area contributed by atoms with Gasteiger partial charge in [-0.2, -0.15) is 0 Å². The molecule has 0 aliphatic carbocycles. The Morgan fingerprint density at radius 3 is 2.58 bits per heavy atom. The lowest BCUT2D eigenvalue weighted by molar-refractivity contribution is -0.132. The van der Waals surface area contributed by atoms with E-state index in [2.05, 4.69) is 5.32 Å². The summed E-state index contributed by atoms with van der Waals surface area (Å²) in [6, 6.07) is 0. The molecule has 1 N–H and O–H groups in total. The molecule has 0 radical (unpaired) electrons. The summed E-state index contributed by atoms with van der Waals surface area (Å²) in [4.78, 5) is 23.0. The fourth-order valence-electron chi connectivity index (χ4n) is 1.38. The van der Waals surface area contributed by atoms with Crippen LogP contribution in [0.2, 0.25) is 0 Å². The third-order valence-electron chi connectivity index (χ3n) is 2.05. The third kappa shape index (κ3) is 2.53. The first-order valence-corrected chi connectivity index (χ1v) is 4.29. The summed E-state index contributed by atoms with van der Waals surface area (Å²) >= 11 is 0. The van der Waals surface area contributed by atoms with E-state index in [0.29, 0.717) is 6.41 Å². The largest absolute Gasteiger partial charge is 0.350 e. The van der Waals surface area contributed by atoms with Crippen LogP contribution in [0, 0.1) is 0 Å². The van der Waals surface area contributed by atoms with Gasteiger partial charge in [-0.05, 0) is 19.3 Å². The van der Waals surface area contributed by atoms with Crippen LogP contribution in [0.1, 0.15) is 19.3 Å². The Kier molecular flexibility index (Phi) is 3.57. The minimum atomic E-state index is 0.0294. The molecule has 4 nitrogen and oxygen atoms in total. The van der Waals surface area contributed by atoms with Gasteiger partial charge in [0.1, 0.15) is 0 Å². The molecule has 0 aromatic rings. The molecule has 0 unspecified atom stereocenters. The molecule has 0 aromatic carbocycles. The van der Waals surface area contributed by atoms with E-state index in [0.717, 1.165) is 25.9 Å². The predicted octanol–water partition coefficient (Wildman–Crippen LogP) is -0.255. The Labute approximate surface area is 71.9 Å². The third-order valence-corrected chi connectivity index (χ3v) is 2.05. The second-order valence-corrected chi connectivity index (χ2v) is 2.94. The number of piperidine rings is 1. The first-order chi connectivity index (χ1) is 5.84. The average molecular weight is 170 g/mol. The van der Waals surface area contributed by atoms with E-state index in [1.54, 1.807) is 4.90 Å². The summed E-state index contributed by atoms with van der Waals surface area (Å²) in [6.45, 7) is 1.84. The van der Waals surface area contributed by atoms with Gasteiger partial charge in [0, 0.05) is 13.1 Å². The van der Waals surface area contributed by atoms with E-state index in [1.807, 2.05) is 0 Å². The second kappa shape index (κ2) is 4.74. The van der Waals surface area contributed by atoms with Crippen molar-refractivity contribution in [2.24, 2.45) is 0 Å². The smallest absolute Gasteiger partial charge is 0.241 e. The molecule has 1 aliphatic rings. The molecule has 0 aromatic heterocycles. The highest BCUT2D eigenvalue weighted by Crippen LogP contribution is 2.07. The van der Waals surface area contributed by atoms with Gasteiger partial charge >= 0.3 is 0 Å². The molecule has 1 rings (SSSR count). The number of carbonyl (C=O) groups excluding carboxylic acids is 2. The molecule has 68 valence electrons. The van der Waals surface area contributed by atoms with Crippen molar-refractivity contribution in [3.63, 3.8) is 0 Å². The highest BCUT2D eigenvalue weighted by molar-refractivity contribution is 5.80. The molecule has 4 heteroatoms. The Hall–Kier alpha value is -1.06. The lowest BCUT2D eigenvalue weighted by atomic mass is 10.1. The highest BCUT2D eigenvalue weighted by Gasteiger charge is 2.15. The van der Waals surface area contributed by atoms with Crippen LogP contribution in [0.5, 0.6) is 0 Å². The summed E-state index contributed by atoms with van der Waals surface area (Å²) in [5, 5.41) is 2.37. The SMILES string of the molecule is O=CNCC(=O)N1CCCCC1. The van der Waals surface area contributed by atoms with Crippen LogP contribution < -0.4 is 5.32 Å². The zero-order chi connectivity index (χ0) is 8.81. The first-order valence-electron chi connectivity index (χ1n) is 4.29. The Bertz CT molecular complexity index is 164. The first kappa shape index (κ1) is 9.03. The lowest BCUT2D eigenvalue weighted by Crippen LogP contribution is -2.40. The average Bonchev–Trinajstić information content (AvgIpc) is 2.15. The van der Waals surface area contributed by atoms with Crippen molar-refractivity contribution in [1.82, 2.24) is 10.2 Å². The minimum Gasteiger partial charge on any atom is -0.350 e. The van der Waals surface area contributed by atoms with E-state index < -0.39 is 0 Å². The zero-order valence-electron chi connectivity index (χ0n) is 7.08. The Morgan fingerprint density at radius 1 is 1.33 bits per heavy atom. The monoisotopic (exact) mass is 170 g/mol. The molecule has 0 atom stereocenters. The summed E-state index contributed by atoms with van der Waals surface area (Å²) in [7, 11) is 0. The van der Waals surface area contributed by atoms with E-state index in [4.69, 9.17) is 0 Å². The van der Waals surface area contributed by atoms with Gasteiger partial charge < -0.3 is 10.2 Å². The Morgan fingerprint density at radius 2 is 2.00 bits per heavy atom. The van der Waals surface area contributed by atoms with Crippen molar-refractivity contribution >= 4 is 12.3 Å². The topological polar surface area (TPSA) is 49.4 Å². The van der Waals surface area contributed by atoms with Crippen LogP contribution in [0.4, 0.5) is 0 Å². The maximum atomic E-state index is 11.3. The fraction of sp³-hybridized carbons (Fsp3) is 0.750. The van der Waals surface area contributed by atoms with Crippen molar-refractivity contribution in [2.45, 2.75) is 19.3 Å². The second-order valence-electron chi connectivity index (χ2n) is 2.94. The molecule has 1 fully saturated rings. The van der Waals surface area contributed by atoms with Gasteiger partial charge in [-0.1, -0.05) is 0 Å². The van der Waals surface area contributed by atoms with E-state index in [9.17, 15) is 9.59 Å². The van der Waals surface area contributed by atoms with Gasteiger partial charge in [0.05, 0.1) is 6.54 Å². The van der Waals surface area contributed by atoms with E-state index in [1.165, 1.54) is 6.42 Å². The zero-order valence-corrected chi connectivity index (χ0v) is 7.08. The summed E-state index contributed by atoms with van der Waals surface area (Å²) in [5.41, 5.74) is 0. The molecule has 1 aliphatic heterocycles. The van der Waals surface area contributed by atoms with Crippen LogP contribution in [-0.2, 0) is 9.59 Å². The van der Waals surface area contributed by atoms with Gasteiger partial charge in [0.15, 0.2) is 0 Å². The van der Waals surface area contributed by atoms with Gasteiger partial charge in [-0.15, -0.1) is 0 Å². The summed E-state index contributed by atoms with van der Waals surface area (Å²) < 4.78 is 0. The molecular weight excluding hydrogens is 156 g/mol. The molecule has 2 amide bonds. The number of nitrogens with one attached hydrogen (secondary N) is 1. The van der Waals surface area contributed by atoms with Crippen LogP contribution in [0.3, 0.4) is 0 Å². The summed E-state index contributed by atoms with van der Waals surface area (Å²) in [6.07, 6.45) is 3.95. The molecule has 0 spiro atoms. The van der Waals surface area contributed by atoms with Crippen molar-refractivity contribution < 1.29 is 9.59 Å². The maximum absolute atomic E-state index is 11.3. The van der Waals surface area contributed by atoms with Gasteiger partial charge in [0.2, 0.25) is 12.3 Å². The molecular formula is C8H14N2O2. The fourth-order valence-corrected chi connectivity index (χ4v) is 1.38. The number of hydrogen-bond donors (Lipinski definition) is 1. The van der Waals surface area contributed by atoms with E-state index >= 15 is 0 Å².